The van der Waals surface area contributed by atoms with Gasteiger partial charge < -0.3 is 10.1 Å². The minimum atomic E-state index is -0.0786. The van der Waals surface area contributed by atoms with E-state index < -0.39 is 0 Å². The van der Waals surface area contributed by atoms with Crippen LogP contribution in [-0.4, -0.2) is 13.0 Å². The first-order valence-corrected chi connectivity index (χ1v) is 7.64. The molecule has 4 heteroatoms. The maximum Gasteiger partial charge on any atom is 0.252 e. The Kier molecular flexibility index (Phi) is 5.39. The first kappa shape index (κ1) is 15.6. The summed E-state index contributed by atoms with van der Waals surface area (Å²) in [6.07, 6.45) is 0.822. The lowest BCUT2D eigenvalue weighted by molar-refractivity contribution is 0.0935. The highest BCUT2D eigenvalue weighted by Gasteiger charge is 2.15. The van der Waals surface area contributed by atoms with Crippen molar-refractivity contribution in [1.82, 2.24) is 5.32 Å². The fourth-order valence-electron chi connectivity index (χ4n) is 2.14. The summed E-state index contributed by atoms with van der Waals surface area (Å²) in [6.45, 7) is 2.05. The summed E-state index contributed by atoms with van der Waals surface area (Å²) in [5, 5.41) is 3.07. The molecule has 0 bridgehead atoms. The Balaban J connectivity index is 2.15. The SMILES string of the molecule is CC[C@@H](NC(=O)c1ccccc1Br)c1ccc(OC)cc1. The van der Waals surface area contributed by atoms with Gasteiger partial charge >= 0.3 is 0 Å². The predicted octanol–water partition coefficient (Wildman–Crippen LogP) is 4.34. The van der Waals surface area contributed by atoms with E-state index in [0.717, 1.165) is 22.2 Å². The summed E-state index contributed by atoms with van der Waals surface area (Å²) < 4.78 is 5.95. The number of carbonyl (C=O) groups is 1. The fraction of sp³-hybridized carbons (Fsp3) is 0.235. The molecular weight excluding hydrogens is 330 g/mol. The van der Waals surface area contributed by atoms with E-state index in [-0.39, 0.29) is 11.9 Å². The Hall–Kier alpha value is -1.81. The number of nitrogens with one attached hydrogen (secondary N) is 1. The van der Waals surface area contributed by atoms with Gasteiger partial charge in [0.1, 0.15) is 5.75 Å². The van der Waals surface area contributed by atoms with Crippen molar-refractivity contribution in [3.63, 3.8) is 0 Å². The number of ether oxygens (including phenoxy) is 1. The zero-order chi connectivity index (χ0) is 15.2. The van der Waals surface area contributed by atoms with Crippen molar-refractivity contribution in [2.24, 2.45) is 0 Å². The topological polar surface area (TPSA) is 38.3 Å². The van der Waals surface area contributed by atoms with E-state index in [9.17, 15) is 4.79 Å². The number of carbonyl (C=O) groups excluding carboxylic acids is 1. The summed E-state index contributed by atoms with van der Waals surface area (Å²) in [7, 11) is 1.64. The average Bonchev–Trinajstić information content (AvgIpc) is 2.53. The number of hydrogen-bond acceptors (Lipinski definition) is 2. The zero-order valence-corrected chi connectivity index (χ0v) is 13.7. The monoisotopic (exact) mass is 347 g/mol. The highest BCUT2D eigenvalue weighted by Crippen LogP contribution is 2.22. The largest absolute Gasteiger partial charge is 0.497 e. The summed E-state index contributed by atoms with van der Waals surface area (Å²) in [6, 6.07) is 15.2. The van der Waals surface area contributed by atoms with Gasteiger partial charge in [0.2, 0.25) is 0 Å². The molecule has 21 heavy (non-hydrogen) atoms. The Morgan fingerprint density at radius 1 is 1.19 bits per heavy atom. The van der Waals surface area contributed by atoms with Crippen molar-refractivity contribution in [2.45, 2.75) is 19.4 Å². The third-order valence-electron chi connectivity index (χ3n) is 3.35. The quantitative estimate of drug-likeness (QED) is 0.873. The van der Waals surface area contributed by atoms with Gasteiger partial charge in [-0.25, -0.2) is 0 Å². The molecule has 0 spiro atoms. The molecule has 110 valence electrons. The lowest BCUT2D eigenvalue weighted by Crippen LogP contribution is -2.28. The molecule has 2 rings (SSSR count). The lowest BCUT2D eigenvalue weighted by Gasteiger charge is -2.18. The molecule has 0 saturated heterocycles. The van der Waals surface area contributed by atoms with Gasteiger partial charge in [-0.05, 0) is 52.2 Å². The Labute approximate surface area is 133 Å². The third kappa shape index (κ3) is 3.85. The van der Waals surface area contributed by atoms with Crippen LogP contribution in [0.5, 0.6) is 5.75 Å². The van der Waals surface area contributed by atoms with Crippen LogP contribution in [0.3, 0.4) is 0 Å². The van der Waals surface area contributed by atoms with Gasteiger partial charge in [0, 0.05) is 4.47 Å². The predicted molar refractivity (Wildman–Crippen MR) is 87.6 cm³/mol. The zero-order valence-electron chi connectivity index (χ0n) is 12.1. The smallest absolute Gasteiger partial charge is 0.252 e. The van der Waals surface area contributed by atoms with E-state index >= 15 is 0 Å². The highest BCUT2D eigenvalue weighted by molar-refractivity contribution is 9.10. The number of halogens is 1. The van der Waals surface area contributed by atoms with Crippen LogP contribution in [0.25, 0.3) is 0 Å². The molecule has 0 radical (unpaired) electrons. The molecule has 0 aliphatic rings. The molecule has 0 unspecified atom stereocenters. The van der Waals surface area contributed by atoms with Crippen molar-refractivity contribution in [3.8, 4) is 5.75 Å². The molecule has 3 nitrogen and oxygen atoms in total. The van der Waals surface area contributed by atoms with E-state index in [4.69, 9.17) is 4.74 Å². The fourth-order valence-corrected chi connectivity index (χ4v) is 2.60. The Morgan fingerprint density at radius 2 is 1.86 bits per heavy atom. The Morgan fingerprint density at radius 3 is 2.43 bits per heavy atom. The van der Waals surface area contributed by atoms with Gasteiger partial charge in [-0.2, -0.15) is 0 Å². The number of hydrogen-bond donors (Lipinski definition) is 1. The van der Waals surface area contributed by atoms with Gasteiger partial charge in [0.05, 0.1) is 18.7 Å². The van der Waals surface area contributed by atoms with E-state index in [1.165, 1.54) is 0 Å². The van der Waals surface area contributed by atoms with Crippen molar-refractivity contribution < 1.29 is 9.53 Å². The summed E-state index contributed by atoms with van der Waals surface area (Å²) in [5.41, 5.74) is 1.71. The molecule has 0 aliphatic heterocycles. The minimum Gasteiger partial charge on any atom is -0.497 e. The van der Waals surface area contributed by atoms with Crippen molar-refractivity contribution in [3.05, 3.63) is 64.1 Å². The number of methoxy groups -OCH3 is 1. The van der Waals surface area contributed by atoms with Gasteiger partial charge in [-0.3, -0.25) is 4.79 Å². The van der Waals surface area contributed by atoms with Crippen LogP contribution in [0.1, 0.15) is 35.3 Å². The van der Waals surface area contributed by atoms with Crippen LogP contribution in [0.4, 0.5) is 0 Å². The number of amides is 1. The lowest BCUT2D eigenvalue weighted by atomic mass is 10.0. The standard InChI is InChI=1S/C17H18BrNO2/c1-3-16(12-8-10-13(21-2)11-9-12)19-17(20)14-6-4-5-7-15(14)18/h4-11,16H,3H2,1-2H3,(H,19,20)/t16-/m1/s1. The minimum absolute atomic E-state index is 0.0180. The number of benzene rings is 2. The van der Waals surface area contributed by atoms with Crippen molar-refractivity contribution in [2.75, 3.05) is 7.11 Å². The molecule has 1 N–H and O–H groups in total. The molecule has 2 aromatic rings. The van der Waals surface area contributed by atoms with Crippen LogP contribution < -0.4 is 10.1 Å². The molecular formula is C17H18BrNO2. The molecule has 1 amide bonds. The van der Waals surface area contributed by atoms with Gasteiger partial charge in [0.25, 0.3) is 5.91 Å². The Bertz CT molecular complexity index is 610. The van der Waals surface area contributed by atoms with Crippen molar-refractivity contribution >= 4 is 21.8 Å². The van der Waals surface area contributed by atoms with E-state index in [1.807, 2.05) is 42.5 Å². The summed E-state index contributed by atoms with van der Waals surface area (Å²) in [5.74, 6) is 0.732. The van der Waals surface area contributed by atoms with Crippen LogP contribution in [0, 0.1) is 0 Å². The third-order valence-corrected chi connectivity index (χ3v) is 4.04. The van der Waals surface area contributed by atoms with E-state index in [2.05, 4.69) is 28.2 Å². The van der Waals surface area contributed by atoms with Gasteiger partial charge in [-0.15, -0.1) is 0 Å². The molecule has 0 fully saturated rings. The molecule has 0 aliphatic carbocycles. The summed E-state index contributed by atoms with van der Waals surface area (Å²) in [4.78, 5) is 12.4. The second-order valence-electron chi connectivity index (χ2n) is 4.69. The van der Waals surface area contributed by atoms with Crippen molar-refractivity contribution in [1.29, 1.82) is 0 Å². The van der Waals surface area contributed by atoms with Crippen LogP contribution in [-0.2, 0) is 0 Å². The van der Waals surface area contributed by atoms with E-state index in [1.54, 1.807) is 13.2 Å². The second-order valence-corrected chi connectivity index (χ2v) is 5.54. The molecule has 1 atom stereocenters. The maximum absolute atomic E-state index is 12.4. The average molecular weight is 348 g/mol. The van der Waals surface area contributed by atoms with Gasteiger partial charge in [0.15, 0.2) is 0 Å². The first-order valence-electron chi connectivity index (χ1n) is 6.85. The number of rotatable bonds is 5. The van der Waals surface area contributed by atoms with Gasteiger partial charge in [-0.1, -0.05) is 31.2 Å². The molecule has 0 saturated carbocycles. The van der Waals surface area contributed by atoms with Crippen LogP contribution >= 0.6 is 15.9 Å². The summed E-state index contributed by atoms with van der Waals surface area (Å²) >= 11 is 3.41. The molecule has 0 heterocycles. The maximum atomic E-state index is 12.4. The normalized spacial score (nSPS) is 11.8. The van der Waals surface area contributed by atoms with Crippen LogP contribution in [0.15, 0.2) is 53.0 Å². The first-order chi connectivity index (χ1) is 10.2. The highest BCUT2D eigenvalue weighted by atomic mass is 79.9. The molecule has 2 aromatic carbocycles. The molecule has 0 aromatic heterocycles. The second kappa shape index (κ2) is 7.27. The van der Waals surface area contributed by atoms with Crippen LogP contribution in [0.2, 0.25) is 0 Å². The van der Waals surface area contributed by atoms with E-state index in [0.29, 0.717) is 5.56 Å².